The molecule has 1 heterocycles. The lowest BCUT2D eigenvalue weighted by Crippen LogP contribution is -2.28. The standard InChI is InChI=1S/C12H16ClN3O3S/c13-10-5-7-14-8-11(10)20(18,19)15-6-1-2-12(17)16-9-3-4-9/h5,7-9,15H,1-4,6H2,(H,16,17). The van der Waals surface area contributed by atoms with Crippen LogP contribution in [0.2, 0.25) is 5.02 Å². The van der Waals surface area contributed by atoms with Crippen molar-refractivity contribution >= 4 is 27.5 Å². The summed E-state index contributed by atoms with van der Waals surface area (Å²) in [5, 5.41) is 2.97. The Hall–Kier alpha value is -1.18. The maximum atomic E-state index is 11.9. The van der Waals surface area contributed by atoms with E-state index in [9.17, 15) is 13.2 Å². The normalized spacial score (nSPS) is 15.1. The third kappa shape index (κ3) is 4.43. The summed E-state index contributed by atoms with van der Waals surface area (Å²) < 4.78 is 26.3. The van der Waals surface area contributed by atoms with Crippen LogP contribution in [0, 0.1) is 0 Å². The lowest BCUT2D eigenvalue weighted by Gasteiger charge is -2.07. The topological polar surface area (TPSA) is 88.2 Å². The molecule has 1 aliphatic rings. The van der Waals surface area contributed by atoms with Gasteiger partial charge in [0.2, 0.25) is 15.9 Å². The lowest BCUT2D eigenvalue weighted by molar-refractivity contribution is -0.121. The first-order valence-corrected chi connectivity index (χ1v) is 8.24. The van der Waals surface area contributed by atoms with E-state index >= 15 is 0 Å². The smallest absolute Gasteiger partial charge is 0.243 e. The number of halogens is 1. The van der Waals surface area contributed by atoms with Gasteiger partial charge in [-0.25, -0.2) is 13.1 Å². The zero-order valence-corrected chi connectivity index (χ0v) is 12.4. The Kier molecular flexibility index (Phi) is 4.95. The highest BCUT2D eigenvalue weighted by atomic mass is 35.5. The van der Waals surface area contributed by atoms with Gasteiger partial charge in [-0.3, -0.25) is 9.78 Å². The molecule has 2 N–H and O–H groups in total. The molecular formula is C12H16ClN3O3S. The third-order valence-electron chi connectivity index (χ3n) is 2.84. The molecule has 0 radical (unpaired) electrons. The molecule has 6 nitrogen and oxygen atoms in total. The summed E-state index contributed by atoms with van der Waals surface area (Å²) in [5.74, 6) is -0.0360. The van der Waals surface area contributed by atoms with Crippen molar-refractivity contribution in [2.45, 2.75) is 36.6 Å². The monoisotopic (exact) mass is 317 g/mol. The van der Waals surface area contributed by atoms with E-state index in [0.29, 0.717) is 18.9 Å². The summed E-state index contributed by atoms with van der Waals surface area (Å²) in [7, 11) is -3.68. The quantitative estimate of drug-likeness (QED) is 0.736. The highest BCUT2D eigenvalue weighted by Crippen LogP contribution is 2.19. The van der Waals surface area contributed by atoms with Gasteiger partial charge < -0.3 is 5.32 Å². The predicted molar refractivity (Wildman–Crippen MR) is 74.8 cm³/mol. The number of nitrogens with zero attached hydrogens (tertiary/aromatic N) is 1. The fourth-order valence-corrected chi connectivity index (χ4v) is 3.12. The number of amides is 1. The molecule has 1 aromatic heterocycles. The van der Waals surface area contributed by atoms with Crippen LogP contribution in [0.25, 0.3) is 0 Å². The minimum absolute atomic E-state index is 0.0360. The number of pyridine rings is 1. The molecule has 8 heteroatoms. The number of nitrogens with one attached hydrogen (secondary N) is 2. The van der Waals surface area contributed by atoms with Crippen molar-refractivity contribution in [3.8, 4) is 0 Å². The minimum atomic E-state index is -3.68. The van der Waals surface area contributed by atoms with Crippen LogP contribution in [-0.2, 0) is 14.8 Å². The highest BCUT2D eigenvalue weighted by Gasteiger charge is 2.23. The SMILES string of the molecule is O=C(CCCNS(=O)(=O)c1cnccc1Cl)NC1CC1. The molecule has 20 heavy (non-hydrogen) atoms. The van der Waals surface area contributed by atoms with Gasteiger partial charge in [0.25, 0.3) is 0 Å². The molecule has 110 valence electrons. The van der Waals surface area contributed by atoms with E-state index in [2.05, 4.69) is 15.0 Å². The van der Waals surface area contributed by atoms with E-state index in [1.807, 2.05) is 0 Å². The van der Waals surface area contributed by atoms with Gasteiger partial charge in [0.1, 0.15) is 4.90 Å². The molecule has 0 aliphatic heterocycles. The van der Waals surface area contributed by atoms with Gasteiger partial charge in [-0.15, -0.1) is 0 Å². The first kappa shape index (κ1) is 15.2. The Morgan fingerprint density at radius 2 is 2.20 bits per heavy atom. The molecular weight excluding hydrogens is 302 g/mol. The van der Waals surface area contributed by atoms with E-state index in [-0.39, 0.29) is 22.4 Å². The molecule has 0 aromatic carbocycles. The fraction of sp³-hybridized carbons (Fsp3) is 0.500. The average molecular weight is 318 g/mol. The Morgan fingerprint density at radius 3 is 2.85 bits per heavy atom. The third-order valence-corrected chi connectivity index (χ3v) is 4.77. The van der Waals surface area contributed by atoms with Gasteiger partial charge in [-0.2, -0.15) is 0 Å². The van der Waals surface area contributed by atoms with Crippen molar-refractivity contribution in [2.24, 2.45) is 0 Å². The fourth-order valence-electron chi connectivity index (χ4n) is 1.62. The summed E-state index contributed by atoms with van der Waals surface area (Å²) in [6, 6.07) is 1.74. The van der Waals surface area contributed by atoms with Crippen LogP contribution < -0.4 is 10.0 Å². The first-order chi connectivity index (χ1) is 9.49. The van der Waals surface area contributed by atoms with Crippen molar-refractivity contribution in [3.05, 3.63) is 23.5 Å². The number of rotatable bonds is 7. The van der Waals surface area contributed by atoms with Crippen LogP contribution in [-0.4, -0.2) is 31.9 Å². The summed E-state index contributed by atoms with van der Waals surface area (Å²) >= 11 is 5.81. The second-order valence-corrected chi connectivity index (χ2v) is 6.79. The molecule has 0 atom stereocenters. The number of aromatic nitrogens is 1. The van der Waals surface area contributed by atoms with Crippen LogP contribution in [0.4, 0.5) is 0 Å². The molecule has 1 fully saturated rings. The van der Waals surface area contributed by atoms with Gasteiger partial charge in [0, 0.05) is 31.4 Å². The summed E-state index contributed by atoms with van der Waals surface area (Å²) in [4.78, 5) is 15.1. The second-order valence-electron chi connectivity index (χ2n) is 4.65. The van der Waals surface area contributed by atoms with Crippen molar-refractivity contribution < 1.29 is 13.2 Å². The van der Waals surface area contributed by atoms with Gasteiger partial charge in [0.05, 0.1) is 5.02 Å². The van der Waals surface area contributed by atoms with Crippen LogP contribution in [0.3, 0.4) is 0 Å². The van der Waals surface area contributed by atoms with E-state index in [0.717, 1.165) is 12.8 Å². The van der Waals surface area contributed by atoms with Crippen LogP contribution in [0.1, 0.15) is 25.7 Å². The number of sulfonamides is 1. The lowest BCUT2D eigenvalue weighted by atomic mass is 10.3. The van der Waals surface area contributed by atoms with Crippen LogP contribution in [0.5, 0.6) is 0 Å². The molecule has 2 rings (SSSR count). The average Bonchev–Trinajstić information content (AvgIpc) is 3.19. The van der Waals surface area contributed by atoms with Gasteiger partial charge in [0.15, 0.2) is 0 Å². The van der Waals surface area contributed by atoms with Crippen LogP contribution >= 0.6 is 11.6 Å². The Labute approximate surface area is 123 Å². The summed E-state index contributed by atoms with van der Waals surface area (Å²) in [6.07, 6.45) is 5.44. The van der Waals surface area contributed by atoms with Crippen molar-refractivity contribution in [2.75, 3.05) is 6.54 Å². The van der Waals surface area contributed by atoms with Crippen molar-refractivity contribution in [3.63, 3.8) is 0 Å². The second kappa shape index (κ2) is 6.51. The largest absolute Gasteiger partial charge is 0.353 e. The molecule has 1 aliphatic carbocycles. The molecule has 0 spiro atoms. The molecule has 1 saturated carbocycles. The van der Waals surface area contributed by atoms with Gasteiger partial charge in [-0.05, 0) is 25.3 Å². The highest BCUT2D eigenvalue weighted by molar-refractivity contribution is 7.89. The van der Waals surface area contributed by atoms with E-state index in [1.165, 1.54) is 18.5 Å². The van der Waals surface area contributed by atoms with Crippen molar-refractivity contribution in [1.82, 2.24) is 15.0 Å². The molecule has 0 bridgehead atoms. The number of carbonyl (C=O) groups is 1. The number of hydrogen-bond acceptors (Lipinski definition) is 4. The number of carbonyl (C=O) groups excluding carboxylic acids is 1. The van der Waals surface area contributed by atoms with Gasteiger partial charge in [-0.1, -0.05) is 11.6 Å². The van der Waals surface area contributed by atoms with E-state index in [4.69, 9.17) is 11.6 Å². The summed E-state index contributed by atoms with van der Waals surface area (Å²) in [5.41, 5.74) is 0. The minimum Gasteiger partial charge on any atom is -0.353 e. The molecule has 1 aromatic rings. The Morgan fingerprint density at radius 1 is 1.45 bits per heavy atom. The summed E-state index contributed by atoms with van der Waals surface area (Å²) in [6.45, 7) is 0.186. The predicted octanol–water partition coefficient (Wildman–Crippen LogP) is 1.07. The zero-order chi connectivity index (χ0) is 14.6. The van der Waals surface area contributed by atoms with Crippen molar-refractivity contribution in [1.29, 1.82) is 0 Å². The Bertz CT molecular complexity index is 587. The maximum Gasteiger partial charge on any atom is 0.243 e. The molecule has 0 saturated heterocycles. The molecule has 1 amide bonds. The van der Waals surface area contributed by atoms with E-state index < -0.39 is 10.0 Å². The zero-order valence-electron chi connectivity index (χ0n) is 10.8. The number of hydrogen-bond donors (Lipinski definition) is 2. The first-order valence-electron chi connectivity index (χ1n) is 6.37. The Balaban J connectivity index is 1.78. The van der Waals surface area contributed by atoms with Gasteiger partial charge >= 0.3 is 0 Å². The maximum absolute atomic E-state index is 11.9. The molecule has 0 unspecified atom stereocenters. The van der Waals surface area contributed by atoms with E-state index in [1.54, 1.807) is 0 Å². The van der Waals surface area contributed by atoms with Crippen LogP contribution in [0.15, 0.2) is 23.4 Å².